The van der Waals surface area contributed by atoms with Crippen LogP contribution < -0.4 is 11.1 Å². The average Bonchev–Trinajstić information content (AvgIpc) is 2.26. The molecule has 98 valence electrons. The Morgan fingerprint density at radius 3 is 2.39 bits per heavy atom. The van der Waals surface area contributed by atoms with Crippen LogP contribution >= 0.6 is 12.2 Å². The fourth-order valence-corrected chi connectivity index (χ4v) is 1.74. The number of thiocarbonyl (C=S) groups is 1. The second-order valence-electron chi connectivity index (χ2n) is 3.99. The highest BCUT2D eigenvalue weighted by molar-refractivity contribution is 7.80. The lowest BCUT2D eigenvalue weighted by Gasteiger charge is -2.16. The van der Waals surface area contributed by atoms with E-state index in [-0.39, 0.29) is 29.0 Å². The maximum Gasteiger partial charge on any atom is 0.251 e. The van der Waals surface area contributed by atoms with Crippen LogP contribution in [0.2, 0.25) is 0 Å². The summed E-state index contributed by atoms with van der Waals surface area (Å²) in [6, 6.07) is 3.56. The molecular formula is C12H16N2O3S. The summed E-state index contributed by atoms with van der Waals surface area (Å²) in [5.41, 5.74) is 5.62. The van der Waals surface area contributed by atoms with Crippen molar-refractivity contribution in [2.75, 3.05) is 0 Å². The number of aromatic hydroxyl groups is 2. The van der Waals surface area contributed by atoms with Gasteiger partial charge < -0.3 is 21.3 Å². The summed E-state index contributed by atoms with van der Waals surface area (Å²) < 4.78 is 0. The molecule has 0 saturated heterocycles. The van der Waals surface area contributed by atoms with Gasteiger partial charge in [-0.1, -0.05) is 19.1 Å². The number of nitrogens with one attached hydrogen (secondary N) is 1. The van der Waals surface area contributed by atoms with Gasteiger partial charge in [0.15, 0.2) is 0 Å². The third-order valence-corrected chi connectivity index (χ3v) is 2.61. The SMILES string of the molecule is CCC(CC(N)=S)NC(=O)c1cc(O)cc(O)c1. The highest BCUT2D eigenvalue weighted by Gasteiger charge is 2.14. The van der Waals surface area contributed by atoms with E-state index in [0.717, 1.165) is 6.07 Å². The molecule has 0 fully saturated rings. The standard InChI is InChI=1S/C12H16N2O3S/c1-2-8(5-11(13)18)14-12(17)7-3-9(15)6-10(16)4-7/h3-4,6,8,15-16H,2,5H2,1H3,(H2,13,18)(H,14,17). The van der Waals surface area contributed by atoms with Crippen molar-refractivity contribution in [3.63, 3.8) is 0 Å². The Morgan fingerprint density at radius 1 is 1.39 bits per heavy atom. The third kappa shape index (κ3) is 4.21. The molecule has 0 aliphatic heterocycles. The largest absolute Gasteiger partial charge is 0.508 e. The summed E-state index contributed by atoms with van der Waals surface area (Å²) in [5, 5.41) is 21.3. The molecule has 1 atom stereocenters. The van der Waals surface area contributed by atoms with E-state index in [1.54, 1.807) is 0 Å². The Morgan fingerprint density at radius 2 is 1.94 bits per heavy atom. The number of carbonyl (C=O) groups is 1. The Labute approximate surface area is 111 Å². The first kappa shape index (κ1) is 14.2. The molecule has 1 amide bonds. The fraction of sp³-hybridized carbons (Fsp3) is 0.333. The molecule has 1 rings (SSSR count). The van der Waals surface area contributed by atoms with Gasteiger partial charge in [-0.25, -0.2) is 0 Å². The lowest BCUT2D eigenvalue weighted by molar-refractivity contribution is 0.0936. The van der Waals surface area contributed by atoms with Crippen LogP contribution in [0.3, 0.4) is 0 Å². The van der Waals surface area contributed by atoms with Crippen molar-refractivity contribution in [3.05, 3.63) is 23.8 Å². The number of rotatable bonds is 5. The van der Waals surface area contributed by atoms with Crippen LogP contribution in [0.15, 0.2) is 18.2 Å². The predicted molar refractivity (Wildman–Crippen MR) is 72.7 cm³/mol. The summed E-state index contributed by atoms with van der Waals surface area (Å²) in [7, 11) is 0. The molecule has 0 aliphatic rings. The Balaban J connectivity index is 2.77. The van der Waals surface area contributed by atoms with E-state index in [4.69, 9.17) is 18.0 Å². The van der Waals surface area contributed by atoms with Crippen molar-refractivity contribution < 1.29 is 15.0 Å². The van der Waals surface area contributed by atoms with Gasteiger partial charge in [0, 0.05) is 24.1 Å². The topological polar surface area (TPSA) is 95.6 Å². The number of hydrogen-bond acceptors (Lipinski definition) is 4. The molecule has 0 spiro atoms. The first-order chi connectivity index (χ1) is 8.42. The van der Waals surface area contributed by atoms with Crippen LogP contribution in [-0.2, 0) is 0 Å². The van der Waals surface area contributed by atoms with E-state index < -0.39 is 0 Å². The smallest absolute Gasteiger partial charge is 0.251 e. The Kier molecular flexibility index (Phi) is 4.91. The maximum absolute atomic E-state index is 11.9. The lowest BCUT2D eigenvalue weighted by Crippen LogP contribution is -2.37. The van der Waals surface area contributed by atoms with Gasteiger partial charge in [0.1, 0.15) is 11.5 Å². The van der Waals surface area contributed by atoms with Gasteiger partial charge in [-0.05, 0) is 18.6 Å². The van der Waals surface area contributed by atoms with E-state index in [1.165, 1.54) is 12.1 Å². The normalized spacial score (nSPS) is 11.8. The zero-order chi connectivity index (χ0) is 13.7. The fourth-order valence-electron chi connectivity index (χ4n) is 1.54. The molecule has 5 nitrogen and oxygen atoms in total. The van der Waals surface area contributed by atoms with E-state index in [0.29, 0.717) is 17.8 Å². The molecule has 0 aromatic heterocycles. The molecular weight excluding hydrogens is 252 g/mol. The first-order valence-electron chi connectivity index (χ1n) is 5.54. The van der Waals surface area contributed by atoms with Gasteiger partial charge in [0.2, 0.25) is 0 Å². The zero-order valence-electron chi connectivity index (χ0n) is 10.0. The molecule has 0 saturated carbocycles. The molecule has 5 N–H and O–H groups in total. The van der Waals surface area contributed by atoms with Gasteiger partial charge in [0.25, 0.3) is 5.91 Å². The molecule has 0 aliphatic carbocycles. The van der Waals surface area contributed by atoms with Crippen LogP contribution in [0.25, 0.3) is 0 Å². The number of nitrogens with two attached hydrogens (primary N) is 1. The van der Waals surface area contributed by atoms with Crippen molar-refractivity contribution >= 4 is 23.1 Å². The molecule has 0 radical (unpaired) electrons. The summed E-state index contributed by atoms with van der Waals surface area (Å²) in [6.45, 7) is 1.91. The minimum atomic E-state index is -0.385. The van der Waals surface area contributed by atoms with Gasteiger partial charge in [-0.2, -0.15) is 0 Å². The first-order valence-corrected chi connectivity index (χ1v) is 5.95. The van der Waals surface area contributed by atoms with Gasteiger partial charge in [-0.15, -0.1) is 0 Å². The zero-order valence-corrected chi connectivity index (χ0v) is 10.8. The van der Waals surface area contributed by atoms with Gasteiger partial charge >= 0.3 is 0 Å². The molecule has 0 bridgehead atoms. The number of benzene rings is 1. The van der Waals surface area contributed by atoms with Crippen molar-refractivity contribution in [1.29, 1.82) is 0 Å². The number of carbonyl (C=O) groups excluding carboxylic acids is 1. The molecule has 1 unspecified atom stereocenters. The van der Waals surface area contributed by atoms with Gasteiger partial charge in [0.05, 0.1) is 4.99 Å². The van der Waals surface area contributed by atoms with Crippen LogP contribution in [0.1, 0.15) is 30.1 Å². The second kappa shape index (κ2) is 6.20. The Hall–Kier alpha value is -1.82. The van der Waals surface area contributed by atoms with Crippen LogP contribution in [0, 0.1) is 0 Å². The van der Waals surface area contributed by atoms with Gasteiger partial charge in [-0.3, -0.25) is 4.79 Å². The molecule has 1 aromatic carbocycles. The highest BCUT2D eigenvalue weighted by Crippen LogP contribution is 2.20. The minimum Gasteiger partial charge on any atom is -0.508 e. The molecule has 6 heteroatoms. The van der Waals surface area contributed by atoms with E-state index in [1.807, 2.05) is 6.92 Å². The average molecular weight is 268 g/mol. The van der Waals surface area contributed by atoms with E-state index >= 15 is 0 Å². The van der Waals surface area contributed by atoms with Crippen molar-refractivity contribution in [1.82, 2.24) is 5.32 Å². The quantitative estimate of drug-likeness (QED) is 0.603. The summed E-state index contributed by atoms with van der Waals surface area (Å²) in [5.74, 6) is -0.714. The summed E-state index contributed by atoms with van der Waals surface area (Å²) in [4.78, 5) is 12.2. The molecule has 18 heavy (non-hydrogen) atoms. The van der Waals surface area contributed by atoms with E-state index in [9.17, 15) is 15.0 Å². The number of amides is 1. The number of phenolic OH excluding ortho intramolecular Hbond substituents is 2. The third-order valence-electron chi connectivity index (χ3n) is 2.44. The molecule has 1 aromatic rings. The number of hydrogen-bond donors (Lipinski definition) is 4. The monoisotopic (exact) mass is 268 g/mol. The minimum absolute atomic E-state index is 0.153. The number of phenols is 2. The Bertz CT molecular complexity index is 442. The van der Waals surface area contributed by atoms with Crippen LogP contribution in [0.4, 0.5) is 0 Å². The molecule has 0 heterocycles. The van der Waals surface area contributed by atoms with E-state index in [2.05, 4.69) is 5.32 Å². The second-order valence-corrected chi connectivity index (χ2v) is 4.51. The summed E-state index contributed by atoms with van der Waals surface area (Å²) >= 11 is 4.80. The van der Waals surface area contributed by atoms with Crippen molar-refractivity contribution in [2.24, 2.45) is 5.73 Å². The predicted octanol–water partition coefficient (Wildman–Crippen LogP) is 1.28. The summed E-state index contributed by atoms with van der Waals surface area (Å²) in [6.07, 6.45) is 1.11. The lowest BCUT2D eigenvalue weighted by atomic mass is 10.1. The van der Waals surface area contributed by atoms with Crippen molar-refractivity contribution in [2.45, 2.75) is 25.8 Å². The van der Waals surface area contributed by atoms with Crippen LogP contribution in [0.5, 0.6) is 11.5 Å². The van der Waals surface area contributed by atoms with Crippen LogP contribution in [-0.4, -0.2) is 27.2 Å². The maximum atomic E-state index is 11.9. The highest BCUT2D eigenvalue weighted by atomic mass is 32.1. The van der Waals surface area contributed by atoms with Crippen molar-refractivity contribution in [3.8, 4) is 11.5 Å².